The molecule has 0 unspecified atom stereocenters. The van der Waals surface area contributed by atoms with E-state index in [2.05, 4.69) is 74.1 Å². The first-order valence-corrected chi connectivity index (χ1v) is 10.5. The van der Waals surface area contributed by atoms with Crippen LogP contribution in [0.2, 0.25) is 0 Å². The van der Waals surface area contributed by atoms with Crippen LogP contribution in [-0.2, 0) is 32.7 Å². The third kappa shape index (κ3) is 6.08. The minimum atomic E-state index is -0.559. The van der Waals surface area contributed by atoms with Crippen molar-refractivity contribution in [1.82, 2.24) is 9.97 Å². The fraction of sp³-hybridized carbons (Fsp3) is 0.346. The maximum atomic E-state index is 11.7. The number of amides is 1. The second-order valence-corrected chi connectivity index (χ2v) is 7.63. The largest absolute Gasteiger partial charge is 0.364 e. The fourth-order valence-electron chi connectivity index (χ4n) is 3.61. The molecule has 31 heavy (non-hydrogen) atoms. The molecule has 161 valence electrons. The number of rotatable bonds is 4. The van der Waals surface area contributed by atoms with Crippen LogP contribution in [0.4, 0.5) is 0 Å². The number of aromatic nitrogens is 2. The number of nitrogens with two attached hydrogens (primary N) is 1. The Morgan fingerprint density at radius 3 is 2.00 bits per heavy atom. The Labute approximate surface area is 212 Å². The third-order valence-corrected chi connectivity index (χ3v) is 5.06. The van der Waals surface area contributed by atoms with Crippen LogP contribution in [-0.4, -0.2) is 15.9 Å². The molecule has 0 bridgehead atoms. The Balaban J connectivity index is 0.00000156. The summed E-state index contributed by atoms with van der Waals surface area (Å²) in [6.07, 6.45) is 0. The molecule has 1 radical (unpaired) electrons. The smallest absolute Gasteiger partial charge is 0.269 e. The van der Waals surface area contributed by atoms with Crippen molar-refractivity contribution in [3.63, 3.8) is 0 Å². The van der Waals surface area contributed by atoms with E-state index in [-0.39, 0.29) is 38.4 Å². The second kappa shape index (κ2) is 11.6. The van der Waals surface area contributed by atoms with Gasteiger partial charge in [-0.2, -0.15) is 0 Å². The van der Waals surface area contributed by atoms with E-state index >= 15 is 0 Å². The molecule has 0 aliphatic heterocycles. The van der Waals surface area contributed by atoms with Crippen molar-refractivity contribution in [2.24, 2.45) is 5.73 Å². The van der Waals surface area contributed by atoms with E-state index in [4.69, 9.17) is 5.73 Å². The van der Waals surface area contributed by atoms with Crippen molar-refractivity contribution in [1.29, 1.82) is 0 Å². The molecule has 0 aliphatic carbocycles. The first kappa shape index (κ1) is 27.1. The first-order valence-electron chi connectivity index (χ1n) is 10.5. The number of nitrogens with zero attached hydrogens (tertiary/aromatic N) is 2. The number of hydrogen-bond acceptors (Lipinski definition) is 3. The van der Waals surface area contributed by atoms with Crippen molar-refractivity contribution in [3.05, 3.63) is 70.2 Å². The minimum absolute atomic E-state index is 0. The summed E-state index contributed by atoms with van der Waals surface area (Å²) in [5.41, 5.74) is 14.4. The number of hydrogen-bond donors (Lipinski definition) is 1. The number of carbonyl (C=O) groups excluding carboxylic acids is 1. The maximum Gasteiger partial charge on any atom is 0.269 e. The van der Waals surface area contributed by atoms with Crippen molar-refractivity contribution in [3.8, 4) is 22.4 Å². The van der Waals surface area contributed by atoms with Gasteiger partial charge in [-0.1, -0.05) is 62.4 Å². The third-order valence-electron chi connectivity index (χ3n) is 5.06. The van der Waals surface area contributed by atoms with E-state index in [0.29, 0.717) is 17.3 Å². The first-order chi connectivity index (χ1) is 14.2. The molecule has 1 heterocycles. The van der Waals surface area contributed by atoms with Gasteiger partial charge in [-0.3, -0.25) is 9.78 Å². The van der Waals surface area contributed by atoms with Gasteiger partial charge in [-0.25, -0.2) is 4.98 Å². The molecule has 2 aromatic carbocycles. The summed E-state index contributed by atoms with van der Waals surface area (Å²) in [7, 11) is 0. The van der Waals surface area contributed by atoms with Gasteiger partial charge in [0.2, 0.25) is 0 Å². The summed E-state index contributed by atoms with van der Waals surface area (Å²) in [4.78, 5) is 20.7. The molecule has 2 N–H and O–H groups in total. The Kier molecular flexibility index (Phi) is 10.2. The maximum absolute atomic E-state index is 11.7. The standard InChI is InChI=1S/C24H26N3O.C2H6.Y/c1-13(2)18-7-9-19(10-8-18)21-14(3)11-20(12-15(21)4)22-16(5)26-17(6)23(27-22)24(25)28;1-2;/h7-9,11-13H,1-6H3,(H2,25,28);1-2H3;/q-1;;. The predicted molar refractivity (Wildman–Crippen MR) is 125 cm³/mol. The van der Waals surface area contributed by atoms with Crippen molar-refractivity contribution in [2.45, 2.75) is 61.3 Å². The van der Waals surface area contributed by atoms with Gasteiger partial charge in [0.15, 0.2) is 0 Å². The fourth-order valence-corrected chi connectivity index (χ4v) is 3.61. The van der Waals surface area contributed by atoms with E-state index in [1.807, 2.05) is 20.8 Å². The number of aryl methyl sites for hydroxylation is 4. The summed E-state index contributed by atoms with van der Waals surface area (Å²) < 4.78 is 0. The van der Waals surface area contributed by atoms with Crippen molar-refractivity contribution < 1.29 is 37.5 Å². The van der Waals surface area contributed by atoms with Crippen LogP contribution in [0.15, 0.2) is 30.3 Å². The predicted octanol–water partition coefficient (Wildman–Crippen LogP) is 6.09. The molecular weight excluding hydrogens is 459 g/mol. The molecule has 1 amide bonds. The van der Waals surface area contributed by atoms with E-state index in [1.54, 1.807) is 6.92 Å². The number of carbonyl (C=O) groups is 1. The summed E-state index contributed by atoms with van der Waals surface area (Å²) in [5, 5.41) is 0. The monoisotopic (exact) mass is 491 g/mol. The van der Waals surface area contributed by atoms with Gasteiger partial charge in [0, 0.05) is 38.3 Å². The Morgan fingerprint density at radius 2 is 1.55 bits per heavy atom. The van der Waals surface area contributed by atoms with E-state index in [1.165, 1.54) is 11.1 Å². The molecule has 4 nitrogen and oxygen atoms in total. The van der Waals surface area contributed by atoms with Crippen LogP contribution < -0.4 is 5.73 Å². The normalized spacial score (nSPS) is 10.2. The van der Waals surface area contributed by atoms with Crippen LogP contribution in [0, 0.1) is 33.8 Å². The molecule has 0 saturated heterocycles. The molecule has 0 atom stereocenters. The molecule has 0 fully saturated rings. The molecule has 0 saturated carbocycles. The Hall–Kier alpha value is -1.91. The zero-order valence-corrected chi connectivity index (χ0v) is 22.8. The van der Waals surface area contributed by atoms with Crippen LogP contribution in [0.25, 0.3) is 22.4 Å². The summed E-state index contributed by atoms with van der Waals surface area (Å²) in [6.45, 7) is 16.2. The van der Waals surface area contributed by atoms with E-state index in [0.717, 1.165) is 27.9 Å². The molecule has 5 heteroatoms. The average Bonchev–Trinajstić information content (AvgIpc) is 2.69. The van der Waals surface area contributed by atoms with Crippen LogP contribution in [0.3, 0.4) is 0 Å². The summed E-state index contributed by atoms with van der Waals surface area (Å²) in [6, 6.07) is 14.0. The molecule has 0 spiro atoms. The van der Waals surface area contributed by atoms with Crippen LogP contribution in [0.5, 0.6) is 0 Å². The zero-order chi connectivity index (χ0) is 22.6. The quantitative estimate of drug-likeness (QED) is 0.449. The summed E-state index contributed by atoms with van der Waals surface area (Å²) in [5.74, 6) is -0.0754. The molecule has 0 aliphatic rings. The van der Waals surface area contributed by atoms with Gasteiger partial charge in [0.1, 0.15) is 5.69 Å². The minimum Gasteiger partial charge on any atom is -0.364 e. The van der Waals surface area contributed by atoms with Crippen molar-refractivity contribution >= 4 is 5.91 Å². The van der Waals surface area contributed by atoms with Gasteiger partial charge in [-0.05, 0) is 27.7 Å². The van der Waals surface area contributed by atoms with Gasteiger partial charge in [0.05, 0.1) is 17.1 Å². The Bertz CT molecular complexity index is 1030. The average molecular weight is 491 g/mol. The van der Waals surface area contributed by atoms with Gasteiger partial charge in [0.25, 0.3) is 5.91 Å². The van der Waals surface area contributed by atoms with Gasteiger partial charge in [-0.15, -0.1) is 35.4 Å². The van der Waals surface area contributed by atoms with Gasteiger partial charge < -0.3 is 5.73 Å². The van der Waals surface area contributed by atoms with E-state index in [9.17, 15) is 4.79 Å². The zero-order valence-electron chi connectivity index (χ0n) is 19.9. The molecule has 3 aromatic rings. The number of primary amides is 1. The molecule has 1 aromatic heterocycles. The molecule has 3 rings (SSSR count). The second-order valence-electron chi connectivity index (χ2n) is 7.63. The topological polar surface area (TPSA) is 68.9 Å². The number of benzene rings is 2. The van der Waals surface area contributed by atoms with Crippen LogP contribution in [0.1, 0.15) is 72.2 Å². The summed E-state index contributed by atoms with van der Waals surface area (Å²) >= 11 is 0. The van der Waals surface area contributed by atoms with Crippen molar-refractivity contribution in [2.75, 3.05) is 0 Å². The Morgan fingerprint density at radius 1 is 0.968 bits per heavy atom. The van der Waals surface area contributed by atoms with Crippen LogP contribution >= 0.6 is 0 Å². The molecular formula is C26H32N3OY-. The van der Waals surface area contributed by atoms with Gasteiger partial charge >= 0.3 is 0 Å². The van der Waals surface area contributed by atoms with E-state index < -0.39 is 5.91 Å². The SMILES string of the molecule is CC.Cc1cc(-c2nc(C(N)=O)c(C)nc2C)cc(C)c1-c1[c-]cc(C(C)C)cc1.[Y].